The Balaban J connectivity index is 1.59. The smallest absolute Gasteiger partial charge is 0.250 e. The summed E-state index contributed by atoms with van der Waals surface area (Å²) in [6.45, 7) is 0. The zero-order valence-electron chi connectivity index (χ0n) is 13.7. The van der Waals surface area contributed by atoms with Gasteiger partial charge in [0.15, 0.2) is 0 Å². The highest BCUT2D eigenvalue weighted by molar-refractivity contribution is 8.00. The van der Waals surface area contributed by atoms with Gasteiger partial charge in [0.1, 0.15) is 5.75 Å². The van der Waals surface area contributed by atoms with Gasteiger partial charge in [-0.1, -0.05) is 30.3 Å². The number of hydrazone groups is 1. The zero-order valence-corrected chi connectivity index (χ0v) is 14.5. The van der Waals surface area contributed by atoms with Crippen molar-refractivity contribution in [3.8, 4) is 5.75 Å². The van der Waals surface area contributed by atoms with E-state index >= 15 is 0 Å². The van der Waals surface area contributed by atoms with Gasteiger partial charge in [0.25, 0.3) is 0 Å². The fraction of sp³-hybridized carbons (Fsp3) is 0.105. The number of fused-ring (bicyclic) bond motifs is 1. The minimum absolute atomic E-state index is 0.177. The highest BCUT2D eigenvalue weighted by Crippen LogP contribution is 2.25. The average Bonchev–Trinajstić information content (AvgIpc) is 2.66. The number of benzene rings is 2. The van der Waals surface area contributed by atoms with Crippen LogP contribution in [0.15, 0.2) is 70.8 Å². The quantitative estimate of drug-likeness (QED) is 0.419. The summed E-state index contributed by atoms with van der Waals surface area (Å²) in [6, 6.07) is 17.3. The van der Waals surface area contributed by atoms with Gasteiger partial charge in [0, 0.05) is 22.0 Å². The number of methoxy groups -OCH3 is 1. The van der Waals surface area contributed by atoms with Gasteiger partial charge in [-0.15, -0.1) is 11.8 Å². The summed E-state index contributed by atoms with van der Waals surface area (Å²) in [6.07, 6.45) is 3.32. The lowest BCUT2D eigenvalue weighted by Crippen LogP contribution is -2.19. The van der Waals surface area contributed by atoms with Gasteiger partial charge in [-0.05, 0) is 24.3 Å². The Hall–Kier alpha value is -2.86. The van der Waals surface area contributed by atoms with Crippen LogP contribution in [0.4, 0.5) is 0 Å². The van der Waals surface area contributed by atoms with Crippen LogP contribution in [0.25, 0.3) is 10.9 Å². The summed E-state index contributed by atoms with van der Waals surface area (Å²) in [5.74, 6) is 0.791. The van der Waals surface area contributed by atoms with Gasteiger partial charge in [0.2, 0.25) is 5.91 Å². The number of amides is 1. The molecule has 5 nitrogen and oxygen atoms in total. The first-order valence-electron chi connectivity index (χ1n) is 7.69. The van der Waals surface area contributed by atoms with Crippen LogP contribution >= 0.6 is 11.8 Å². The number of thioether (sulfide) groups is 1. The maximum atomic E-state index is 12.0. The van der Waals surface area contributed by atoms with Crippen molar-refractivity contribution in [1.29, 1.82) is 0 Å². The van der Waals surface area contributed by atoms with Crippen molar-refractivity contribution < 1.29 is 9.53 Å². The second-order valence-electron chi connectivity index (χ2n) is 5.16. The fourth-order valence-corrected chi connectivity index (χ4v) is 3.15. The first-order chi connectivity index (χ1) is 12.3. The molecule has 1 amide bonds. The Bertz CT molecular complexity index is 907. The highest BCUT2D eigenvalue weighted by Gasteiger charge is 2.06. The second-order valence-corrected chi connectivity index (χ2v) is 6.17. The Morgan fingerprint density at radius 1 is 1.20 bits per heavy atom. The van der Waals surface area contributed by atoms with Gasteiger partial charge in [-0.3, -0.25) is 9.78 Å². The van der Waals surface area contributed by atoms with Crippen LogP contribution in [0, 0.1) is 0 Å². The Kier molecular flexibility index (Phi) is 5.64. The van der Waals surface area contributed by atoms with Crippen LogP contribution in [0.1, 0.15) is 5.56 Å². The van der Waals surface area contributed by atoms with E-state index in [1.165, 1.54) is 11.8 Å². The molecule has 0 unspecified atom stereocenters. The van der Waals surface area contributed by atoms with E-state index in [1.54, 1.807) is 19.5 Å². The Morgan fingerprint density at radius 2 is 2.04 bits per heavy atom. The van der Waals surface area contributed by atoms with Crippen LogP contribution in [0.3, 0.4) is 0 Å². The third kappa shape index (κ3) is 4.36. The van der Waals surface area contributed by atoms with E-state index in [-0.39, 0.29) is 11.7 Å². The number of hydrogen-bond donors (Lipinski definition) is 1. The summed E-state index contributed by atoms with van der Waals surface area (Å²) in [5, 5.41) is 5.05. The molecule has 0 radical (unpaired) electrons. The van der Waals surface area contributed by atoms with E-state index in [1.807, 2.05) is 54.6 Å². The number of rotatable bonds is 6. The molecule has 25 heavy (non-hydrogen) atoms. The van der Waals surface area contributed by atoms with Crippen LogP contribution < -0.4 is 10.2 Å². The van der Waals surface area contributed by atoms with Crippen molar-refractivity contribution in [3.05, 3.63) is 66.4 Å². The standard InChI is InChI=1S/C19H17N3O2S/c1-24-16-9-3-2-6-15(16)12-21-22-18(23)13-25-17-10-4-7-14-8-5-11-20-19(14)17/h2-12H,13H2,1H3,(H,22,23)/b21-12+. The van der Waals surface area contributed by atoms with E-state index in [4.69, 9.17) is 4.74 Å². The molecular formula is C19H17N3O2S. The number of carbonyl (C=O) groups is 1. The van der Waals surface area contributed by atoms with E-state index in [2.05, 4.69) is 15.5 Å². The second kappa shape index (κ2) is 8.30. The van der Waals surface area contributed by atoms with Crippen molar-refractivity contribution in [2.45, 2.75) is 4.90 Å². The van der Waals surface area contributed by atoms with Gasteiger partial charge < -0.3 is 4.74 Å². The minimum Gasteiger partial charge on any atom is -0.496 e. The van der Waals surface area contributed by atoms with E-state index in [0.29, 0.717) is 5.75 Å². The Morgan fingerprint density at radius 3 is 2.92 bits per heavy atom. The molecule has 0 aliphatic heterocycles. The molecule has 0 aliphatic carbocycles. The third-order valence-corrected chi connectivity index (χ3v) is 4.53. The fourth-order valence-electron chi connectivity index (χ4n) is 2.32. The van der Waals surface area contributed by atoms with Gasteiger partial charge in [-0.25, -0.2) is 5.43 Å². The van der Waals surface area contributed by atoms with Gasteiger partial charge >= 0.3 is 0 Å². The van der Waals surface area contributed by atoms with Crippen LogP contribution in [-0.4, -0.2) is 30.0 Å². The van der Waals surface area contributed by atoms with Gasteiger partial charge in [-0.2, -0.15) is 5.10 Å². The molecule has 6 heteroatoms. The number of para-hydroxylation sites is 2. The summed E-state index contributed by atoms with van der Waals surface area (Å²) >= 11 is 1.44. The number of ether oxygens (including phenoxy) is 1. The van der Waals surface area contributed by atoms with Crippen LogP contribution in [0.5, 0.6) is 5.75 Å². The van der Waals surface area contributed by atoms with Crippen molar-refractivity contribution in [1.82, 2.24) is 10.4 Å². The van der Waals surface area contributed by atoms with Crippen LogP contribution in [-0.2, 0) is 4.79 Å². The number of carbonyl (C=O) groups excluding carboxylic acids is 1. The molecule has 3 aromatic rings. The number of hydrogen-bond acceptors (Lipinski definition) is 5. The summed E-state index contributed by atoms with van der Waals surface area (Å²) in [5.41, 5.74) is 4.24. The van der Waals surface area contributed by atoms with E-state index in [9.17, 15) is 4.79 Å². The van der Waals surface area contributed by atoms with Crippen molar-refractivity contribution in [3.63, 3.8) is 0 Å². The predicted octanol–water partition coefficient (Wildman–Crippen LogP) is 3.49. The molecule has 0 saturated heterocycles. The number of pyridine rings is 1. The summed E-state index contributed by atoms with van der Waals surface area (Å²) < 4.78 is 5.23. The zero-order chi connectivity index (χ0) is 17.5. The molecule has 1 heterocycles. The molecule has 0 aliphatic rings. The van der Waals surface area contributed by atoms with Crippen molar-refractivity contribution in [2.24, 2.45) is 5.10 Å². The molecule has 1 aromatic heterocycles. The lowest BCUT2D eigenvalue weighted by Gasteiger charge is -2.05. The maximum absolute atomic E-state index is 12.0. The van der Waals surface area contributed by atoms with Crippen molar-refractivity contribution >= 4 is 34.8 Å². The molecular weight excluding hydrogens is 334 g/mol. The van der Waals surface area contributed by atoms with Crippen LogP contribution in [0.2, 0.25) is 0 Å². The van der Waals surface area contributed by atoms with E-state index in [0.717, 1.165) is 21.4 Å². The average molecular weight is 351 g/mol. The number of aromatic nitrogens is 1. The molecule has 0 fully saturated rings. The Labute approximate surface area is 150 Å². The topological polar surface area (TPSA) is 63.6 Å². The first kappa shape index (κ1) is 17.0. The number of nitrogens with one attached hydrogen (secondary N) is 1. The lowest BCUT2D eigenvalue weighted by molar-refractivity contribution is -0.118. The molecule has 126 valence electrons. The minimum atomic E-state index is -0.177. The lowest BCUT2D eigenvalue weighted by atomic mass is 10.2. The molecule has 2 aromatic carbocycles. The highest BCUT2D eigenvalue weighted by atomic mass is 32.2. The predicted molar refractivity (Wildman–Crippen MR) is 101 cm³/mol. The van der Waals surface area contributed by atoms with Crippen molar-refractivity contribution in [2.75, 3.05) is 12.9 Å². The molecule has 0 saturated carbocycles. The summed E-state index contributed by atoms with van der Waals surface area (Å²) in [7, 11) is 1.60. The largest absolute Gasteiger partial charge is 0.496 e. The normalized spacial score (nSPS) is 10.9. The number of nitrogens with zero attached hydrogens (tertiary/aromatic N) is 2. The molecule has 3 rings (SSSR count). The monoisotopic (exact) mass is 351 g/mol. The first-order valence-corrected chi connectivity index (χ1v) is 8.68. The molecule has 0 bridgehead atoms. The van der Waals surface area contributed by atoms with Gasteiger partial charge in [0.05, 0.1) is 24.6 Å². The SMILES string of the molecule is COc1ccccc1/C=N/NC(=O)CSc1cccc2cccnc12. The summed E-state index contributed by atoms with van der Waals surface area (Å²) in [4.78, 5) is 17.4. The molecule has 0 atom stereocenters. The molecule has 1 N–H and O–H groups in total. The molecule has 0 spiro atoms. The van der Waals surface area contributed by atoms with E-state index < -0.39 is 0 Å². The third-order valence-electron chi connectivity index (χ3n) is 3.49. The maximum Gasteiger partial charge on any atom is 0.250 e.